The highest BCUT2D eigenvalue weighted by Crippen LogP contribution is 2.47. The molecule has 9 aromatic carbocycles. The van der Waals surface area contributed by atoms with Gasteiger partial charge in [-0.15, -0.1) is 0 Å². The van der Waals surface area contributed by atoms with E-state index in [0.717, 1.165) is 56.0 Å². The van der Waals surface area contributed by atoms with E-state index in [1.165, 1.54) is 65.6 Å². The first kappa shape index (κ1) is 31.4. The largest absolute Gasteiger partial charge is 0.309 e. The Hall–Kier alpha value is -7.82. The third-order valence-electron chi connectivity index (χ3n) is 12.2. The summed E-state index contributed by atoms with van der Waals surface area (Å²) >= 11 is 0. The fraction of sp³-hybridized carbons (Fsp3) is 0. The van der Waals surface area contributed by atoms with Crippen LogP contribution in [0.1, 0.15) is 0 Å². The molecule has 0 saturated heterocycles. The Bertz CT molecular complexity index is 3680. The van der Waals surface area contributed by atoms with E-state index in [4.69, 9.17) is 9.97 Å². The van der Waals surface area contributed by atoms with Crippen molar-refractivity contribution >= 4 is 65.3 Å². The van der Waals surface area contributed by atoms with Crippen LogP contribution in [0.4, 0.5) is 0 Å². The fourth-order valence-electron chi connectivity index (χ4n) is 9.78. The van der Waals surface area contributed by atoms with E-state index in [0.29, 0.717) is 0 Å². The lowest BCUT2D eigenvalue weighted by Crippen LogP contribution is -1.97. The van der Waals surface area contributed by atoms with Crippen LogP contribution in [0.2, 0.25) is 0 Å². The van der Waals surface area contributed by atoms with Gasteiger partial charge in [0.1, 0.15) is 0 Å². The van der Waals surface area contributed by atoms with Gasteiger partial charge in [0.15, 0.2) is 5.82 Å². The van der Waals surface area contributed by atoms with Crippen LogP contribution in [0.25, 0.3) is 122 Å². The molecule has 0 N–H and O–H groups in total. The first-order chi connectivity index (χ1) is 28.8. The SMILES string of the molecule is c1ccc(-n2c3ccccc3c3cc(-c4cc5c(c6ccccc46)c4ccccc4n5-c4cccc(-c5nc6c7c(cccc7n5)-c5ccccc5-6)c4)ccc32)cc1. The van der Waals surface area contributed by atoms with E-state index in [9.17, 15) is 0 Å². The van der Waals surface area contributed by atoms with Gasteiger partial charge in [0.25, 0.3) is 0 Å². The second-order valence-corrected chi connectivity index (χ2v) is 15.3. The summed E-state index contributed by atoms with van der Waals surface area (Å²) < 4.78 is 4.81. The number of fused-ring (bicyclic) bond motifs is 11. The van der Waals surface area contributed by atoms with E-state index < -0.39 is 0 Å². The van der Waals surface area contributed by atoms with E-state index in [2.05, 4.69) is 203 Å². The van der Waals surface area contributed by atoms with Gasteiger partial charge in [-0.2, -0.15) is 0 Å². The van der Waals surface area contributed by atoms with E-state index >= 15 is 0 Å². The van der Waals surface area contributed by atoms with Crippen LogP contribution in [0.15, 0.2) is 194 Å². The number of benzene rings is 9. The summed E-state index contributed by atoms with van der Waals surface area (Å²) in [6.45, 7) is 0. The molecule has 1 aliphatic carbocycles. The van der Waals surface area contributed by atoms with Gasteiger partial charge in [-0.3, -0.25) is 0 Å². The van der Waals surface area contributed by atoms with E-state index in [1.54, 1.807) is 0 Å². The summed E-state index contributed by atoms with van der Waals surface area (Å²) in [7, 11) is 0. The minimum absolute atomic E-state index is 0.730. The van der Waals surface area contributed by atoms with Crippen molar-refractivity contribution in [3.63, 3.8) is 0 Å². The molecular formula is C54H32N4. The van der Waals surface area contributed by atoms with Crippen LogP contribution in [-0.4, -0.2) is 19.1 Å². The van der Waals surface area contributed by atoms with Crippen molar-refractivity contribution in [2.24, 2.45) is 0 Å². The smallest absolute Gasteiger partial charge is 0.160 e. The zero-order valence-electron chi connectivity index (χ0n) is 31.3. The van der Waals surface area contributed by atoms with Crippen molar-refractivity contribution in [3.8, 4) is 56.3 Å². The third kappa shape index (κ3) is 4.34. The Kier molecular flexibility index (Phi) is 6.41. The second-order valence-electron chi connectivity index (χ2n) is 15.3. The van der Waals surface area contributed by atoms with Crippen molar-refractivity contribution in [1.82, 2.24) is 19.1 Å². The topological polar surface area (TPSA) is 35.6 Å². The standard InChI is InChI=1S/C54H32N4/c1-2-15-35(16-3-1)57-47-26-10-8-20-39(47)45-31-33(28-29-49(45)57)44-32-50-51(40-21-6-4-19-38(40)44)43-23-9-11-27-48(43)58(50)36-17-12-14-34(30-36)54-55-46-25-13-24-41-37-18-5-7-22-42(37)53(56-54)52(41)46/h1-32H. The Morgan fingerprint density at radius 1 is 0.310 bits per heavy atom. The molecule has 268 valence electrons. The van der Waals surface area contributed by atoms with Crippen LogP contribution in [0.3, 0.4) is 0 Å². The van der Waals surface area contributed by atoms with Crippen molar-refractivity contribution < 1.29 is 0 Å². The summed E-state index contributed by atoms with van der Waals surface area (Å²) in [6, 6.07) is 70.2. The quantitative estimate of drug-likeness (QED) is 0.180. The molecule has 3 aromatic heterocycles. The molecule has 0 amide bonds. The molecule has 0 saturated carbocycles. The maximum atomic E-state index is 5.27. The molecule has 4 nitrogen and oxygen atoms in total. The van der Waals surface area contributed by atoms with Crippen molar-refractivity contribution in [3.05, 3.63) is 194 Å². The first-order valence-corrected chi connectivity index (χ1v) is 19.8. The molecule has 0 atom stereocenters. The number of hydrogen-bond donors (Lipinski definition) is 0. The molecule has 4 heteroatoms. The minimum atomic E-state index is 0.730. The molecular weight excluding hydrogens is 705 g/mol. The minimum Gasteiger partial charge on any atom is -0.309 e. The summed E-state index contributed by atoms with van der Waals surface area (Å²) in [5.41, 5.74) is 15.9. The molecule has 0 radical (unpaired) electrons. The number of para-hydroxylation sites is 3. The molecule has 0 bridgehead atoms. The summed E-state index contributed by atoms with van der Waals surface area (Å²) in [5, 5.41) is 8.57. The molecule has 58 heavy (non-hydrogen) atoms. The zero-order chi connectivity index (χ0) is 37.9. The third-order valence-corrected chi connectivity index (χ3v) is 12.2. The Balaban J connectivity index is 1.05. The summed E-state index contributed by atoms with van der Waals surface area (Å²) in [5.74, 6) is 0.730. The number of aromatic nitrogens is 4. The number of nitrogens with zero attached hydrogens (tertiary/aromatic N) is 4. The predicted octanol–water partition coefficient (Wildman–Crippen LogP) is 14.0. The number of rotatable bonds is 4. The highest BCUT2D eigenvalue weighted by molar-refractivity contribution is 6.24. The van der Waals surface area contributed by atoms with Gasteiger partial charge >= 0.3 is 0 Å². The van der Waals surface area contributed by atoms with Gasteiger partial charge in [-0.05, 0) is 93.7 Å². The molecule has 13 rings (SSSR count). The highest BCUT2D eigenvalue weighted by Gasteiger charge is 2.25. The molecule has 0 unspecified atom stereocenters. The van der Waals surface area contributed by atoms with Crippen molar-refractivity contribution in [2.75, 3.05) is 0 Å². The average Bonchev–Trinajstić information content (AvgIpc) is 3.93. The summed E-state index contributed by atoms with van der Waals surface area (Å²) in [4.78, 5) is 10.4. The van der Waals surface area contributed by atoms with Crippen LogP contribution in [0, 0.1) is 0 Å². The van der Waals surface area contributed by atoms with Gasteiger partial charge < -0.3 is 9.13 Å². The van der Waals surface area contributed by atoms with E-state index in [1.807, 2.05) is 0 Å². The highest BCUT2D eigenvalue weighted by atomic mass is 15.0. The molecule has 0 fully saturated rings. The first-order valence-electron chi connectivity index (χ1n) is 19.8. The maximum Gasteiger partial charge on any atom is 0.160 e. The van der Waals surface area contributed by atoms with E-state index in [-0.39, 0.29) is 0 Å². The van der Waals surface area contributed by atoms with Gasteiger partial charge in [0.05, 0.1) is 33.3 Å². The molecule has 0 aliphatic heterocycles. The second kappa shape index (κ2) is 11.8. The summed E-state index contributed by atoms with van der Waals surface area (Å²) in [6.07, 6.45) is 0. The van der Waals surface area contributed by atoms with Gasteiger partial charge in [-0.25, -0.2) is 9.97 Å². The number of hydrogen-bond acceptors (Lipinski definition) is 2. The fourth-order valence-corrected chi connectivity index (χ4v) is 9.78. The lowest BCUT2D eigenvalue weighted by atomic mass is 9.94. The molecule has 3 heterocycles. The Morgan fingerprint density at radius 3 is 1.81 bits per heavy atom. The van der Waals surface area contributed by atoms with Gasteiger partial charge in [0.2, 0.25) is 0 Å². The van der Waals surface area contributed by atoms with Crippen molar-refractivity contribution in [1.29, 1.82) is 0 Å². The molecule has 12 aromatic rings. The zero-order valence-corrected chi connectivity index (χ0v) is 31.3. The maximum absolute atomic E-state index is 5.27. The van der Waals surface area contributed by atoms with Crippen LogP contribution < -0.4 is 0 Å². The molecule has 1 aliphatic rings. The molecule has 0 spiro atoms. The van der Waals surface area contributed by atoms with Crippen LogP contribution >= 0.6 is 0 Å². The normalized spacial score (nSPS) is 12.1. The van der Waals surface area contributed by atoms with Gasteiger partial charge in [0, 0.05) is 49.4 Å². The average molecular weight is 737 g/mol. The van der Waals surface area contributed by atoms with Crippen LogP contribution in [0.5, 0.6) is 0 Å². The van der Waals surface area contributed by atoms with Gasteiger partial charge in [-0.1, -0.05) is 133 Å². The van der Waals surface area contributed by atoms with Crippen LogP contribution in [-0.2, 0) is 0 Å². The lowest BCUT2D eigenvalue weighted by molar-refractivity contribution is 1.17. The van der Waals surface area contributed by atoms with Crippen molar-refractivity contribution in [2.45, 2.75) is 0 Å². The monoisotopic (exact) mass is 736 g/mol. The lowest BCUT2D eigenvalue weighted by Gasteiger charge is -2.14. The predicted molar refractivity (Wildman–Crippen MR) is 241 cm³/mol. The Labute approximate surface area is 333 Å². The Morgan fingerprint density at radius 2 is 0.948 bits per heavy atom.